The summed E-state index contributed by atoms with van der Waals surface area (Å²) in [5.74, 6) is 0. The molecular weight excluding hydrogens is 284 g/mol. The molecule has 96 valence electrons. The van der Waals surface area contributed by atoms with E-state index in [1.165, 1.54) is 16.7 Å². The molecular formula is C17H21Br. The molecule has 0 N–H and O–H groups in total. The van der Waals surface area contributed by atoms with Crippen LogP contribution in [0.3, 0.4) is 0 Å². The van der Waals surface area contributed by atoms with E-state index in [-0.39, 0.29) is 0 Å². The molecule has 0 nitrogen and oxygen atoms in total. The summed E-state index contributed by atoms with van der Waals surface area (Å²) < 4.78 is 1.12. The average Bonchev–Trinajstić information content (AvgIpc) is 2.31. The van der Waals surface area contributed by atoms with E-state index in [0.717, 1.165) is 17.3 Å². The topological polar surface area (TPSA) is 0 Å². The van der Waals surface area contributed by atoms with Gasteiger partial charge in [-0.25, -0.2) is 0 Å². The zero-order chi connectivity index (χ0) is 13.4. The van der Waals surface area contributed by atoms with Crippen molar-refractivity contribution in [2.45, 2.75) is 33.6 Å². The summed E-state index contributed by atoms with van der Waals surface area (Å²) >= 11 is 3.44. The van der Waals surface area contributed by atoms with Crippen LogP contribution in [0.2, 0.25) is 0 Å². The molecule has 1 rings (SSSR count). The van der Waals surface area contributed by atoms with Gasteiger partial charge in [0.1, 0.15) is 0 Å². The van der Waals surface area contributed by atoms with Gasteiger partial charge in [0.25, 0.3) is 0 Å². The highest BCUT2D eigenvalue weighted by Crippen LogP contribution is 2.12. The first-order valence-corrected chi connectivity index (χ1v) is 7.10. The average molecular weight is 305 g/mol. The van der Waals surface area contributed by atoms with Crippen molar-refractivity contribution in [3.8, 4) is 0 Å². The van der Waals surface area contributed by atoms with Crippen LogP contribution in [0.15, 0.2) is 58.1 Å². The van der Waals surface area contributed by atoms with Gasteiger partial charge in [-0.3, -0.25) is 0 Å². The highest BCUT2D eigenvalue weighted by atomic mass is 79.9. The molecule has 0 unspecified atom stereocenters. The van der Waals surface area contributed by atoms with Gasteiger partial charge >= 0.3 is 0 Å². The second kappa shape index (κ2) is 8.10. The lowest BCUT2D eigenvalue weighted by molar-refractivity contribution is 0.967. The van der Waals surface area contributed by atoms with E-state index in [1.807, 2.05) is 0 Å². The van der Waals surface area contributed by atoms with Gasteiger partial charge in [-0.1, -0.05) is 63.5 Å². The summed E-state index contributed by atoms with van der Waals surface area (Å²) in [5, 5.41) is 0. The fourth-order valence-corrected chi connectivity index (χ4v) is 1.83. The molecule has 0 radical (unpaired) electrons. The van der Waals surface area contributed by atoms with Gasteiger partial charge in [-0.15, -0.1) is 0 Å². The van der Waals surface area contributed by atoms with Crippen LogP contribution in [0.4, 0.5) is 0 Å². The standard InChI is InChI=1S/C17H21Br/c1-14(2)6-4-7-15(3)8-5-9-16-10-12-17(18)13-11-16/h5-6,8-13H,4,7H2,1-3H3/b9-5+,15-8+. The Bertz CT molecular complexity index is 443. The molecule has 0 aliphatic rings. The fraction of sp³-hybridized carbons (Fsp3) is 0.294. The monoisotopic (exact) mass is 304 g/mol. The van der Waals surface area contributed by atoms with Crippen LogP contribution in [0.25, 0.3) is 6.08 Å². The second-order valence-corrected chi connectivity index (χ2v) is 5.66. The number of hydrogen-bond acceptors (Lipinski definition) is 0. The van der Waals surface area contributed by atoms with Gasteiger partial charge in [0.15, 0.2) is 0 Å². The second-order valence-electron chi connectivity index (χ2n) is 4.74. The minimum atomic E-state index is 1.12. The lowest BCUT2D eigenvalue weighted by atomic mass is 10.1. The Morgan fingerprint density at radius 1 is 1.11 bits per heavy atom. The van der Waals surface area contributed by atoms with Crippen molar-refractivity contribution in [3.05, 3.63) is 63.7 Å². The Morgan fingerprint density at radius 2 is 1.78 bits per heavy atom. The van der Waals surface area contributed by atoms with Crippen molar-refractivity contribution in [2.24, 2.45) is 0 Å². The normalized spacial score (nSPS) is 11.9. The Labute approximate surface area is 119 Å². The smallest absolute Gasteiger partial charge is 0.0175 e. The molecule has 0 saturated heterocycles. The van der Waals surface area contributed by atoms with Crippen molar-refractivity contribution in [3.63, 3.8) is 0 Å². The predicted molar refractivity (Wildman–Crippen MR) is 85.6 cm³/mol. The van der Waals surface area contributed by atoms with Crippen LogP contribution in [0.5, 0.6) is 0 Å². The van der Waals surface area contributed by atoms with Gasteiger partial charge < -0.3 is 0 Å². The molecule has 0 amide bonds. The maximum atomic E-state index is 3.44. The highest BCUT2D eigenvalue weighted by Gasteiger charge is 1.88. The minimum absolute atomic E-state index is 1.12. The molecule has 1 aromatic rings. The quantitative estimate of drug-likeness (QED) is 0.452. The van der Waals surface area contributed by atoms with Crippen LogP contribution in [-0.4, -0.2) is 0 Å². The number of benzene rings is 1. The van der Waals surface area contributed by atoms with E-state index in [0.29, 0.717) is 0 Å². The molecule has 0 spiro atoms. The summed E-state index contributed by atoms with van der Waals surface area (Å²) in [6, 6.07) is 8.33. The van der Waals surface area contributed by atoms with E-state index in [9.17, 15) is 0 Å². The minimum Gasteiger partial charge on any atom is -0.0856 e. The first-order valence-electron chi connectivity index (χ1n) is 6.30. The van der Waals surface area contributed by atoms with Crippen molar-refractivity contribution >= 4 is 22.0 Å². The molecule has 0 fully saturated rings. The number of rotatable bonds is 5. The van der Waals surface area contributed by atoms with Crippen LogP contribution >= 0.6 is 15.9 Å². The SMILES string of the molecule is CC(C)=CCC/C(C)=C/C=C/c1ccc(Br)cc1. The molecule has 0 aromatic heterocycles. The Kier molecular flexibility index (Phi) is 6.74. The fourth-order valence-electron chi connectivity index (χ4n) is 1.57. The van der Waals surface area contributed by atoms with Gasteiger partial charge in [-0.2, -0.15) is 0 Å². The van der Waals surface area contributed by atoms with Crippen LogP contribution < -0.4 is 0 Å². The highest BCUT2D eigenvalue weighted by molar-refractivity contribution is 9.10. The largest absolute Gasteiger partial charge is 0.0856 e. The molecule has 0 aliphatic carbocycles. The molecule has 0 aliphatic heterocycles. The van der Waals surface area contributed by atoms with E-state index in [4.69, 9.17) is 0 Å². The zero-order valence-corrected chi connectivity index (χ0v) is 13.0. The molecule has 18 heavy (non-hydrogen) atoms. The molecule has 1 heteroatoms. The first kappa shape index (κ1) is 15.0. The van der Waals surface area contributed by atoms with E-state index in [1.54, 1.807) is 0 Å². The predicted octanol–water partition coefficient (Wildman–Crippen LogP) is 6.16. The lowest BCUT2D eigenvalue weighted by Gasteiger charge is -1.97. The summed E-state index contributed by atoms with van der Waals surface area (Å²) in [6.07, 6.45) is 11.0. The van der Waals surface area contributed by atoms with Gasteiger partial charge in [0, 0.05) is 4.47 Å². The zero-order valence-electron chi connectivity index (χ0n) is 11.4. The molecule has 0 atom stereocenters. The van der Waals surface area contributed by atoms with Crippen LogP contribution in [-0.2, 0) is 0 Å². The third kappa shape index (κ3) is 6.61. The van der Waals surface area contributed by atoms with Crippen molar-refractivity contribution in [1.29, 1.82) is 0 Å². The first-order chi connectivity index (χ1) is 8.58. The summed E-state index contributed by atoms with van der Waals surface area (Å²) in [4.78, 5) is 0. The Balaban J connectivity index is 2.47. The summed E-state index contributed by atoms with van der Waals surface area (Å²) in [5.41, 5.74) is 4.04. The van der Waals surface area contributed by atoms with Crippen LogP contribution in [0, 0.1) is 0 Å². The summed E-state index contributed by atoms with van der Waals surface area (Å²) in [6.45, 7) is 6.48. The molecule has 1 aromatic carbocycles. The van der Waals surface area contributed by atoms with E-state index in [2.05, 4.69) is 85.3 Å². The maximum Gasteiger partial charge on any atom is 0.0175 e. The number of hydrogen-bond donors (Lipinski definition) is 0. The van der Waals surface area contributed by atoms with Gasteiger partial charge in [0.05, 0.1) is 0 Å². The van der Waals surface area contributed by atoms with Crippen LogP contribution in [0.1, 0.15) is 39.2 Å². The summed E-state index contributed by atoms with van der Waals surface area (Å²) in [7, 11) is 0. The van der Waals surface area contributed by atoms with Crippen molar-refractivity contribution in [2.75, 3.05) is 0 Å². The molecule has 0 saturated carbocycles. The third-order valence-electron chi connectivity index (χ3n) is 2.63. The third-order valence-corrected chi connectivity index (χ3v) is 3.16. The maximum absolute atomic E-state index is 3.44. The van der Waals surface area contributed by atoms with Crippen molar-refractivity contribution in [1.82, 2.24) is 0 Å². The number of halogens is 1. The molecule has 0 heterocycles. The lowest BCUT2D eigenvalue weighted by Crippen LogP contribution is -1.76. The van der Waals surface area contributed by atoms with Crippen molar-refractivity contribution < 1.29 is 0 Å². The van der Waals surface area contributed by atoms with Gasteiger partial charge in [0.2, 0.25) is 0 Å². The van der Waals surface area contributed by atoms with Gasteiger partial charge in [-0.05, 0) is 51.3 Å². The number of allylic oxidation sites excluding steroid dienone is 5. The van der Waals surface area contributed by atoms with E-state index < -0.39 is 0 Å². The molecule has 0 bridgehead atoms. The van der Waals surface area contributed by atoms with E-state index >= 15 is 0 Å². The Morgan fingerprint density at radius 3 is 2.39 bits per heavy atom. The Hall–Kier alpha value is -1.08.